The molecule has 0 aliphatic rings. The highest BCUT2D eigenvalue weighted by Gasteiger charge is 2.07. The van der Waals surface area contributed by atoms with Crippen molar-refractivity contribution in [3.8, 4) is 0 Å². The first-order valence-corrected chi connectivity index (χ1v) is 5.81. The third-order valence-corrected chi connectivity index (χ3v) is 2.95. The first-order valence-electron chi connectivity index (χ1n) is 5.05. The molecule has 92 valence electrons. The lowest BCUT2D eigenvalue weighted by Crippen LogP contribution is -1.89. The predicted molar refractivity (Wildman–Crippen MR) is 72.5 cm³/mol. The van der Waals surface area contributed by atoms with Crippen LogP contribution < -0.4 is 0 Å². The summed E-state index contributed by atoms with van der Waals surface area (Å²) in [7, 11) is 0. The molecule has 0 saturated heterocycles. The maximum Gasteiger partial charge on any atom is 0.235 e. The van der Waals surface area contributed by atoms with Gasteiger partial charge in [-0.25, -0.2) is 4.98 Å². The van der Waals surface area contributed by atoms with E-state index < -0.39 is 4.92 Å². The zero-order chi connectivity index (χ0) is 13.3. The smallest absolute Gasteiger partial charge is 0.235 e. The molecule has 2 rings (SSSR count). The van der Waals surface area contributed by atoms with Gasteiger partial charge >= 0.3 is 0 Å². The van der Waals surface area contributed by atoms with Crippen LogP contribution in [-0.4, -0.2) is 9.91 Å². The lowest BCUT2D eigenvalue weighted by atomic mass is 10.1. The van der Waals surface area contributed by atoms with Crippen molar-refractivity contribution < 1.29 is 4.92 Å². The molecular weight excluding hydrogens is 275 g/mol. The first-order chi connectivity index (χ1) is 8.47. The van der Waals surface area contributed by atoms with E-state index in [2.05, 4.69) is 4.98 Å². The van der Waals surface area contributed by atoms with Crippen LogP contribution in [0, 0.1) is 17.0 Å². The number of nitro groups is 1. The third kappa shape index (κ3) is 2.60. The number of aromatic nitrogens is 1. The van der Waals surface area contributed by atoms with Gasteiger partial charge in [-0.15, -0.1) is 0 Å². The highest BCUT2D eigenvalue weighted by Crippen LogP contribution is 2.26. The van der Waals surface area contributed by atoms with Gasteiger partial charge < -0.3 is 0 Å². The summed E-state index contributed by atoms with van der Waals surface area (Å²) in [6.45, 7) is 1.88. The minimum Gasteiger partial charge on any atom is -0.259 e. The summed E-state index contributed by atoms with van der Waals surface area (Å²) in [5.41, 5.74) is 2.13. The van der Waals surface area contributed by atoms with Gasteiger partial charge in [-0.3, -0.25) is 10.1 Å². The Morgan fingerprint density at radius 3 is 2.72 bits per heavy atom. The van der Waals surface area contributed by atoms with E-state index >= 15 is 0 Å². The minimum absolute atomic E-state index is 0.228. The van der Waals surface area contributed by atoms with Crippen LogP contribution >= 0.6 is 23.2 Å². The average molecular weight is 283 g/mol. The predicted octanol–water partition coefficient (Wildman–Crippen LogP) is 4.10. The minimum atomic E-state index is -0.552. The molecular formula is C12H8Cl2N2O2. The van der Waals surface area contributed by atoms with Gasteiger partial charge in [-0.2, -0.15) is 0 Å². The molecule has 1 heterocycles. The summed E-state index contributed by atoms with van der Waals surface area (Å²) in [6, 6.07) is 5.26. The van der Waals surface area contributed by atoms with E-state index in [9.17, 15) is 10.1 Å². The van der Waals surface area contributed by atoms with Gasteiger partial charge in [0.05, 0.1) is 10.4 Å². The largest absolute Gasteiger partial charge is 0.259 e. The van der Waals surface area contributed by atoms with Gasteiger partial charge in [-0.05, 0) is 30.7 Å². The van der Waals surface area contributed by atoms with Crippen molar-refractivity contribution in [3.05, 3.63) is 55.8 Å². The highest BCUT2D eigenvalue weighted by molar-refractivity contribution is 6.32. The molecule has 1 aromatic carbocycles. The molecule has 0 aliphatic carbocycles. The summed E-state index contributed by atoms with van der Waals surface area (Å²) < 4.78 is 0. The summed E-state index contributed by atoms with van der Waals surface area (Å²) in [6.07, 6.45) is 2.14. The monoisotopic (exact) mass is 282 g/mol. The van der Waals surface area contributed by atoms with E-state index in [0.717, 1.165) is 22.7 Å². The number of aryl methyl sites for hydroxylation is 1. The number of fused-ring (bicyclic) bond motifs is 1. The Morgan fingerprint density at radius 1 is 1.33 bits per heavy atom. The Kier molecular flexibility index (Phi) is 3.50. The summed E-state index contributed by atoms with van der Waals surface area (Å²) in [5, 5.41) is 11.9. The van der Waals surface area contributed by atoms with Gasteiger partial charge in [0, 0.05) is 22.0 Å². The Bertz CT molecular complexity index is 669. The number of hydrogen-bond donors (Lipinski definition) is 0. The van der Waals surface area contributed by atoms with E-state index in [4.69, 9.17) is 23.2 Å². The van der Waals surface area contributed by atoms with Crippen LogP contribution in [0.5, 0.6) is 0 Å². The molecule has 0 aliphatic heterocycles. The number of hydrogen-bond acceptors (Lipinski definition) is 3. The van der Waals surface area contributed by atoms with Crippen LogP contribution in [0.15, 0.2) is 24.4 Å². The van der Waals surface area contributed by atoms with Crippen LogP contribution in [0.3, 0.4) is 0 Å². The van der Waals surface area contributed by atoms with Gasteiger partial charge in [0.25, 0.3) is 0 Å². The SMILES string of the molecule is Cc1cc(Cl)cc2cc(C=C[N+](=O)[O-])c(Cl)nc12. The molecule has 0 radical (unpaired) electrons. The van der Waals surface area contributed by atoms with E-state index in [0.29, 0.717) is 10.6 Å². The summed E-state index contributed by atoms with van der Waals surface area (Å²) in [4.78, 5) is 14.0. The van der Waals surface area contributed by atoms with Crippen molar-refractivity contribution in [3.63, 3.8) is 0 Å². The zero-order valence-electron chi connectivity index (χ0n) is 9.35. The van der Waals surface area contributed by atoms with E-state index in [1.165, 1.54) is 6.08 Å². The average Bonchev–Trinajstić information content (AvgIpc) is 2.27. The van der Waals surface area contributed by atoms with Crippen LogP contribution in [-0.2, 0) is 0 Å². The normalized spacial score (nSPS) is 11.3. The second-order valence-corrected chi connectivity index (χ2v) is 4.56. The lowest BCUT2D eigenvalue weighted by molar-refractivity contribution is -0.400. The van der Waals surface area contributed by atoms with Crippen molar-refractivity contribution in [1.29, 1.82) is 0 Å². The van der Waals surface area contributed by atoms with Crippen molar-refractivity contribution in [1.82, 2.24) is 4.98 Å². The van der Waals surface area contributed by atoms with Gasteiger partial charge in [-0.1, -0.05) is 23.2 Å². The second kappa shape index (κ2) is 4.92. The van der Waals surface area contributed by atoms with Crippen LogP contribution in [0.4, 0.5) is 0 Å². The number of rotatable bonds is 2. The topological polar surface area (TPSA) is 56.0 Å². The Labute approximate surface area is 113 Å². The molecule has 0 unspecified atom stereocenters. The summed E-state index contributed by atoms with van der Waals surface area (Å²) >= 11 is 11.9. The molecule has 0 fully saturated rings. The first kappa shape index (κ1) is 12.8. The molecule has 0 atom stereocenters. The van der Waals surface area contributed by atoms with Crippen LogP contribution in [0.25, 0.3) is 17.0 Å². The molecule has 2 aromatic rings. The van der Waals surface area contributed by atoms with E-state index in [1.807, 2.05) is 6.92 Å². The molecule has 18 heavy (non-hydrogen) atoms. The maximum atomic E-state index is 10.3. The zero-order valence-corrected chi connectivity index (χ0v) is 10.9. The standard InChI is InChI=1S/C12H8Cl2N2O2/c1-7-4-10(13)6-9-5-8(2-3-16(17)18)12(14)15-11(7)9/h2-6H,1H3. The Balaban J connectivity index is 2.64. The fourth-order valence-corrected chi connectivity index (χ4v) is 2.16. The molecule has 6 heteroatoms. The van der Waals surface area contributed by atoms with Crippen molar-refractivity contribution in [2.45, 2.75) is 6.92 Å². The highest BCUT2D eigenvalue weighted by atomic mass is 35.5. The molecule has 0 spiro atoms. The number of nitrogens with zero attached hydrogens (tertiary/aromatic N) is 2. The summed E-state index contributed by atoms with van der Waals surface area (Å²) in [5.74, 6) is 0. The quantitative estimate of drug-likeness (QED) is 0.473. The van der Waals surface area contributed by atoms with E-state index in [-0.39, 0.29) is 5.15 Å². The Hall–Kier alpha value is -1.65. The molecule has 1 aromatic heterocycles. The molecule has 0 N–H and O–H groups in total. The Morgan fingerprint density at radius 2 is 2.06 bits per heavy atom. The second-order valence-electron chi connectivity index (χ2n) is 3.76. The maximum absolute atomic E-state index is 10.3. The van der Waals surface area contributed by atoms with Crippen molar-refractivity contribution >= 4 is 40.2 Å². The fourth-order valence-electron chi connectivity index (χ4n) is 1.67. The molecule has 0 bridgehead atoms. The molecule has 4 nitrogen and oxygen atoms in total. The van der Waals surface area contributed by atoms with Crippen molar-refractivity contribution in [2.75, 3.05) is 0 Å². The lowest BCUT2D eigenvalue weighted by Gasteiger charge is -2.05. The molecule has 0 saturated carbocycles. The molecule has 0 amide bonds. The van der Waals surface area contributed by atoms with Gasteiger partial charge in [0.1, 0.15) is 5.15 Å². The van der Waals surface area contributed by atoms with Crippen LogP contribution in [0.2, 0.25) is 10.2 Å². The number of benzene rings is 1. The van der Waals surface area contributed by atoms with Gasteiger partial charge in [0.2, 0.25) is 6.20 Å². The third-order valence-electron chi connectivity index (χ3n) is 2.43. The van der Waals surface area contributed by atoms with E-state index in [1.54, 1.807) is 18.2 Å². The van der Waals surface area contributed by atoms with Crippen molar-refractivity contribution in [2.24, 2.45) is 0 Å². The van der Waals surface area contributed by atoms with Crippen LogP contribution in [0.1, 0.15) is 11.1 Å². The van der Waals surface area contributed by atoms with Gasteiger partial charge in [0.15, 0.2) is 0 Å². The fraction of sp³-hybridized carbons (Fsp3) is 0.0833. The number of pyridine rings is 1. The number of halogens is 2.